The lowest BCUT2D eigenvalue weighted by Crippen LogP contribution is -2.37. The number of nitrogens with zero attached hydrogens (tertiary/aromatic N) is 1. The minimum atomic E-state index is -4.28. The molecule has 1 N–H and O–H groups in total. The number of quaternary nitrogens is 1. The number of rotatable bonds is 46. The van der Waals surface area contributed by atoms with E-state index >= 15 is 0 Å². The maximum Gasteiger partial charge on any atom is 0.472 e. The first-order chi connectivity index (χ1) is 28.6. The van der Waals surface area contributed by atoms with Gasteiger partial charge in [-0.25, -0.2) is 4.57 Å². The van der Waals surface area contributed by atoms with Gasteiger partial charge in [-0.15, -0.1) is 0 Å². The van der Waals surface area contributed by atoms with E-state index in [1.165, 1.54) is 154 Å². The number of esters is 1. The van der Waals surface area contributed by atoms with Gasteiger partial charge in [-0.1, -0.05) is 179 Å². The van der Waals surface area contributed by atoms with Crippen molar-refractivity contribution in [2.45, 2.75) is 225 Å². The van der Waals surface area contributed by atoms with Crippen molar-refractivity contribution in [3.8, 4) is 0 Å². The fraction of sp³-hybridized carbons (Fsp3) is 0.860. The first-order valence-electron chi connectivity index (χ1n) is 24.7. The normalized spacial score (nSPS) is 13.9. The zero-order valence-corrected chi connectivity index (χ0v) is 40.4. The van der Waals surface area contributed by atoms with Gasteiger partial charge in [0.25, 0.3) is 0 Å². The highest BCUT2D eigenvalue weighted by Crippen LogP contribution is 2.43. The van der Waals surface area contributed by atoms with Crippen LogP contribution in [0.1, 0.15) is 219 Å². The number of hydrogen-bond acceptors (Lipinski definition) is 6. The maximum atomic E-state index is 12.7. The molecule has 0 aromatic rings. The summed E-state index contributed by atoms with van der Waals surface area (Å²) in [5.41, 5.74) is 0. The summed E-state index contributed by atoms with van der Waals surface area (Å²) in [4.78, 5) is 23.0. The molecule has 0 spiro atoms. The predicted molar refractivity (Wildman–Crippen MR) is 252 cm³/mol. The fourth-order valence-corrected chi connectivity index (χ4v) is 7.56. The smallest absolute Gasteiger partial charge is 0.457 e. The van der Waals surface area contributed by atoms with Gasteiger partial charge in [-0.2, -0.15) is 0 Å². The molecule has 8 nitrogen and oxygen atoms in total. The van der Waals surface area contributed by atoms with Crippen LogP contribution in [-0.4, -0.2) is 75.6 Å². The molecule has 0 aromatic heterocycles. The molecule has 2 unspecified atom stereocenters. The zero-order valence-electron chi connectivity index (χ0n) is 39.5. The Morgan fingerprint density at radius 2 is 0.932 bits per heavy atom. The number of carbonyl (C=O) groups excluding carboxylic acids is 1. The number of ether oxygens (including phenoxy) is 2. The summed E-state index contributed by atoms with van der Waals surface area (Å²) in [5, 5.41) is 0. The van der Waals surface area contributed by atoms with E-state index < -0.39 is 13.9 Å². The Bertz CT molecular complexity index is 1040. The van der Waals surface area contributed by atoms with Crippen LogP contribution < -0.4 is 0 Å². The van der Waals surface area contributed by atoms with E-state index in [9.17, 15) is 14.3 Å². The Hall–Kier alpha value is -1.28. The standard InChI is InChI=1S/C50H96NO7P/c1-6-8-10-12-14-16-18-20-22-24-25-26-27-28-29-31-33-35-37-39-41-43-50(52)58-49(48-57-59(53,54)56-46-44-51(3,4)5)47-55-45-42-40-38-36-34-32-30-23-21-19-17-15-13-11-9-7-2/h15,17,21,23-25,49H,6-14,16,18-20,22,26-48H2,1-5H3/p+1/b17-15-,23-21-,25-24-. The van der Waals surface area contributed by atoms with Crippen molar-refractivity contribution in [3.63, 3.8) is 0 Å². The SMILES string of the molecule is CCCCC/C=C\C/C=C\CCCCCCCCOCC(COP(=O)(O)OCC[N+](C)(C)C)OC(=O)CCCCCCCCCCC/C=C\CCCCCCCCCC. The number of carbonyl (C=O) groups is 1. The van der Waals surface area contributed by atoms with Crippen LogP contribution in [0.3, 0.4) is 0 Å². The molecular formula is C50H97NO7P+. The van der Waals surface area contributed by atoms with Gasteiger partial charge in [-0.05, 0) is 70.6 Å². The first-order valence-corrected chi connectivity index (χ1v) is 26.2. The van der Waals surface area contributed by atoms with E-state index in [2.05, 4.69) is 50.3 Å². The zero-order chi connectivity index (χ0) is 43.4. The van der Waals surface area contributed by atoms with E-state index in [1.54, 1.807) is 0 Å². The second-order valence-electron chi connectivity index (χ2n) is 17.8. The lowest BCUT2D eigenvalue weighted by molar-refractivity contribution is -0.870. The van der Waals surface area contributed by atoms with Crippen LogP contribution in [0.5, 0.6) is 0 Å². The Kier molecular flexibility index (Phi) is 42.4. The third-order valence-corrected chi connectivity index (χ3v) is 11.7. The van der Waals surface area contributed by atoms with Gasteiger partial charge in [0, 0.05) is 13.0 Å². The van der Waals surface area contributed by atoms with E-state index in [-0.39, 0.29) is 25.8 Å². The van der Waals surface area contributed by atoms with Gasteiger partial charge in [0.15, 0.2) is 0 Å². The average Bonchev–Trinajstić information content (AvgIpc) is 3.19. The quantitative estimate of drug-likeness (QED) is 0.0214. The molecule has 0 aromatic carbocycles. The van der Waals surface area contributed by atoms with Crippen molar-refractivity contribution in [3.05, 3.63) is 36.5 Å². The molecular weight excluding hydrogens is 758 g/mol. The van der Waals surface area contributed by atoms with Crippen molar-refractivity contribution in [2.24, 2.45) is 0 Å². The summed E-state index contributed by atoms with van der Waals surface area (Å²) in [6.45, 7) is 5.59. The van der Waals surface area contributed by atoms with Gasteiger partial charge in [0.1, 0.15) is 19.3 Å². The Morgan fingerprint density at radius 3 is 1.42 bits per heavy atom. The molecule has 0 aliphatic rings. The lowest BCUT2D eigenvalue weighted by Gasteiger charge is -2.24. The highest BCUT2D eigenvalue weighted by molar-refractivity contribution is 7.47. The molecule has 9 heteroatoms. The van der Waals surface area contributed by atoms with Crippen molar-refractivity contribution in [2.75, 3.05) is 54.1 Å². The summed E-state index contributed by atoms with van der Waals surface area (Å²) < 4.78 is 35.1. The monoisotopic (exact) mass is 855 g/mol. The van der Waals surface area contributed by atoms with Crippen LogP contribution in [0.4, 0.5) is 0 Å². The molecule has 59 heavy (non-hydrogen) atoms. The minimum absolute atomic E-state index is 0.0862. The highest BCUT2D eigenvalue weighted by Gasteiger charge is 2.26. The molecule has 0 saturated carbocycles. The molecule has 0 bridgehead atoms. The van der Waals surface area contributed by atoms with E-state index in [0.717, 1.165) is 44.9 Å². The highest BCUT2D eigenvalue weighted by atomic mass is 31.2. The van der Waals surface area contributed by atoms with Crippen LogP contribution in [0.15, 0.2) is 36.5 Å². The van der Waals surface area contributed by atoms with Crippen LogP contribution >= 0.6 is 7.82 Å². The Labute approximate surface area is 365 Å². The molecule has 0 amide bonds. The van der Waals surface area contributed by atoms with Crippen molar-refractivity contribution < 1.29 is 37.3 Å². The number of allylic oxidation sites excluding steroid dienone is 6. The van der Waals surface area contributed by atoms with E-state index in [4.69, 9.17) is 18.5 Å². The fourth-order valence-electron chi connectivity index (χ4n) is 6.81. The minimum Gasteiger partial charge on any atom is -0.457 e. The number of hydrogen-bond donors (Lipinski definition) is 1. The van der Waals surface area contributed by atoms with E-state index in [1.807, 2.05) is 21.1 Å². The average molecular weight is 855 g/mol. The topological polar surface area (TPSA) is 91.3 Å². The lowest BCUT2D eigenvalue weighted by atomic mass is 10.1. The number of phosphoric acid groups is 1. The summed E-state index contributed by atoms with van der Waals surface area (Å²) in [6.07, 6.45) is 51.8. The maximum absolute atomic E-state index is 12.7. The second-order valence-corrected chi connectivity index (χ2v) is 19.3. The van der Waals surface area contributed by atoms with Gasteiger partial charge >= 0.3 is 13.8 Å². The summed E-state index contributed by atoms with van der Waals surface area (Å²) in [7, 11) is 1.66. The van der Waals surface area contributed by atoms with Crippen LogP contribution in [0, 0.1) is 0 Å². The predicted octanol–water partition coefficient (Wildman–Crippen LogP) is 14.9. The number of likely N-dealkylation sites (N-methyl/N-ethyl adjacent to an activating group) is 1. The molecule has 0 saturated heterocycles. The van der Waals surface area contributed by atoms with Crippen molar-refractivity contribution >= 4 is 13.8 Å². The third kappa shape index (κ3) is 47.6. The van der Waals surface area contributed by atoms with E-state index in [0.29, 0.717) is 24.1 Å². The van der Waals surface area contributed by atoms with Crippen LogP contribution in [0.25, 0.3) is 0 Å². The molecule has 0 rings (SSSR count). The van der Waals surface area contributed by atoms with Gasteiger partial charge in [0.2, 0.25) is 0 Å². The molecule has 0 aliphatic carbocycles. The van der Waals surface area contributed by atoms with Crippen molar-refractivity contribution in [1.82, 2.24) is 0 Å². The number of phosphoric ester groups is 1. The molecule has 348 valence electrons. The molecule has 0 aliphatic heterocycles. The molecule has 0 radical (unpaired) electrons. The first kappa shape index (κ1) is 57.7. The van der Waals surface area contributed by atoms with Crippen molar-refractivity contribution in [1.29, 1.82) is 0 Å². The van der Waals surface area contributed by atoms with Gasteiger partial charge in [-0.3, -0.25) is 13.8 Å². The van der Waals surface area contributed by atoms with Crippen LogP contribution in [0.2, 0.25) is 0 Å². The molecule has 2 atom stereocenters. The summed E-state index contributed by atoms with van der Waals surface area (Å²) in [5.74, 6) is -0.318. The molecule has 0 fully saturated rings. The number of unbranched alkanes of at least 4 members (excludes halogenated alkanes) is 26. The Morgan fingerprint density at radius 1 is 0.525 bits per heavy atom. The third-order valence-electron chi connectivity index (χ3n) is 10.7. The summed E-state index contributed by atoms with van der Waals surface area (Å²) in [6, 6.07) is 0. The second kappa shape index (κ2) is 43.4. The van der Waals surface area contributed by atoms with Crippen LogP contribution in [-0.2, 0) is 27.9 Å². The largest absolute Gasteiger partial charge is 0.472 e. The Balaban J connectivity index is 4.16. The molecule has 0 heterocycles. The van der Waals surface area contributed by atoms with Gasteiger partial charge in [0.05, 0.1) is 34.4 Å². The summed E-state index contributed by atoms with van der Waals surface area (Å²) >= 11 is 0. The van der Waals surface area contributed by atoms with Gasteiger partial charge < -0.3 is 18.9 Å².